The molecule has 2 amide bonds. The average Bonchev–Trinajstić information content (AvgIpc) is 2.61. The Balaban J connectivity index is 1.80. The first-order chi connectivity index (χ1) is 12.4. The van der Waals surface area contributed by atoms with Gasteiger partial charge in [-0.1, -0.05) is 18.5 Å². The lowest BCUT2D eigenvalue weighted by Crippen LogP contribution is -2.51. The van der Waals surface area contributed by atoms with Crippen LogP contribution in [0.1, 0.15) is 18.1 Å². The molecule has 1 aliphatic heterocycles. The van der Waals surface area contributed by atoms with Crippen molar-refractivity contribution >= 4 is 28.6 Å². The highest BCUT2D eigenvalue weighted by Gasteiger charge is 2.23. The van der Waals surface area contributed by atoms with Gasteiger partial charge in [-0.25, -0.2) is 9.59 Å². The second-order valence-electron chi connectivity index (χ2n) is 6.82. The summed E-state index contributed by atoms with van der Waals surface area (Å²) in [6.45, 7) is 5.54. The van der Waals surface area contributed by atoms with Gasteiger partial charge < -0.3 is 14.2 Å². The zero-order chi connectivity index (χ0) is 18.8. The van der Waals surface area contributed by atoms with Crippen LogP contribution in [0.2, 0.25) is 5.02 Å². The van der Waals surface area contributed by atoms with Gasteiger partial charge in [-0.05, 0) is 29.7 Å². The minimum absolute atomic E-state index is 0.0364. The molecule has 0 aliphatic carbocycles. The number of carbonyl (C=O) groups is 1. The molecule has 0 radical (unpaired) electrons. The van der Waals surface area contributed by atoms with Gasteiger partial charge in [0.15, 0.2) is 0 Å². The number of nitrogens with zero attached hydrogens (tertiary/aromatic N) is 3. The predicted octanol–water partition coefficient (Wildman–Crippen LogP) is 2.81. The highest BCUT2D eigenvalue weighted by molar-refractivity contribution is 6.32. The fourth-order valence-electron chi connectivity index (χ4n) is 3.31. The quantitative estimate of drug-likeness (QED) is 0.772. The molecule has 2 heterocycles. The molecule has 1 aromatic carbocycles. The number of amides is 2. The smallest absolute Gasteiger partial charge is 0.336 e. The number of fused-ring (bicyclic) bond motifs is 1. The van der Waals surface area contributed by atoms with Gasteiger partial charge in [0.25, 0.3) is 0 Å². The highest BCUT2D eigenvalue weighted by Crippen LogP contribution is 2.27. The Morgan fingerprint density at radius 1 is 1.15 bits per heavy atom. The van der Waals surface area contributed by atoms with E-state index in [1.165, 1.54) is 0 Å². The van der Waals surface area contributed by atoms with Crippen molar-refractivity contribution < 1.29 is 9.21 Å². The van der Waals surface area contributed by atoms with E-state index in [2.05, 4.69) is 4.90 Å². The van der Waals surface area contributed by atoms with E-state index in [4.69, 9.17) is 16.0 Å². The van der Waals surface area contributed by atoms with Gasteiger partial charge in [0.2, 0.25) is 0 Å². The molecular weight excluding hydrogens is 354 g/mol. The van der Waals surface area contributed by atoms with Crippen molar-refractivity contribution in [3.63, 3.8) is 0 Å². The molecule has 0 bridgehead atoms. The molecule has 1 aliphatic rings. The van der Waals surface area contributed by atoms with Gasteiger partial charge in [-0.2, -0.15) is 0 Å². The number of aryl methyl sites for hydroxylation is 1. The first kappa shape index (κ1) is 18.7. The van der Waals surface area contributed by atoms with E-state index in [-0.39, 0.29) is 11.7 Å². The van der Waals surface area contributed by atoms with Crippen LogP contribution in [0.3, 0.4) is 0 Å². The van der Waals surface area contributed by atoms with E-state index < -0.39 is 0 Å². The topological polar surface area (TPSA) is 57.0 Å². The Kier molecular flexibility index (Phi) is 5.53. The summed E-state index contributed by atoms with van der Waals surface area (Å²) in [5.41, 5.74) is 2.11. The third-order valence-electron chi connectivity index (χ3n) is 4.80. The number of hydrogen-bond donors (Lipinski definition) is 0. The number of hydrogen-bond acceptors (Lipinski definition) is 4. The zero-order valence-corrected chi connectivity index (χ0v) is 16.2. The van der Waals surface area contributed by atoms with E-state index in [0.29, 0.717) is 30.2 Å². The molecule has 0 N–H and O–H groups in total. The highest BCUT2D eigenvalue weighted by atomic mass is 35.5. The SMILES string of the molecule is CCc1cc2oc(=O)cc(CN3CCN(C(=O)N(C)C)CC3)c2cc1Cl. The van der Waals surface area contributed by atoms with Crippen LogP contribution in [-0.2, 0) is 13.0 Å². The van der Waals surface area contributed by atoms with Crippen LogP contribution >= 0.6 is 11.6 Å². The molecule has 2 aromatic rings. The maximum atomic E-state index is 12.0. The standard InChI is InChI=1S/C19H24ClN3O3/c1-4-13-9-17-15(11-16(13)20)14(10-18(24)26-17)12-22-5-7-23(8-6-22)19(25)21(2)3/h9-11H,4-8,12H2,1-3H3. The summed E-state index contributed by atoms with van der Waals surface area (Å²) >= 11 is 6.36. The minimum Gasteiger partial charge on any atom is -0.423 e. The maximum Gasteiger partial charge on any atom is 0.336 e. The summed E-state index contributed by atoms with van der Waals surface area (Å²) < 4.78 is 5.37. The van der Waals surface area contributed by atoms with Crippen LogP contribution in [0.15, 0.2) is 27.4 Å². The summed E-state index contributed by atoms with van der Waals surface area (Å²) in [5.74, 6) is 0. The fraction of sp³-hybridized carbons (Fsp3) is 0.474. The van der Waals surface area contributed by atoms with Gasteiger partial charge in [0.1, 0.15) is 5.58 Å². The molecule has 1 fully saturated rings. The van der Waals surface area contributed by atoms with Crippen LogP contribution in [0.25, 0.3) is 11.0 Å². The van der Waals surface area contributed by atoms with Crippen LogP contribution in [0.5, 0.6) is 0 Å². The van der Waals surface area contributed by atoms with Gasteiger partial charge in [-0.3, -0.25) is 4.90 Å². The van der Waals surface area contributed by atoms with Crippen LogP contribution in [0, 0.1) is 0 Å². The average molecular weight is 378 g/mol. The van der Waals surface area contributed by atoms with Crippen molar-refractivity contribution in [1.82, 2.24) is 14.7 Å². The lowest BCUT2D eigenvalue weighted by atomic mass is 10.1. The number of carbonyl (C=O) groups excluding carboxylic acids is 1. The van der Waals surface area contributed by atoms with Crippen LogP contribution < -0.4 is 5.63 Å². The Labute approximate surface area is 157 Å². The Bertz CT molecular complexity index is 870. The molecule has 0 spiro atoms. The van der Waals surface area contributed by atoms with Gasteiger partial charge >= 0.3 is 11.7 Å². The van der Waals surface area contributed by atoms with Crippen molar-refractivity contribution in [2.75, 3.05) is 40.3 Å². The number of halogens is 1. The Morgan fingerprint density at radius 3 is 2.46 bits per heavy atom. The molecule has 1 saturated heterocycles. The summed E-state index contributed by atoms with van der Waals surface area (Å²) in [7, 11) is 3.52. The molecule has 3 rings (SSSR count). The first-order valence-electron chi connectivity index (χ1n) is 8.82. The van der Waals surface area contributed by atoms with E-state index in [1.807, 2.05) is 24.0 Å². The lowest BCUT2D eigenvalue weighted by Gasteiger charge is -2.36. The van der Waals surface area contributed by atoms with E-state index in [9.17, 15) is 9.59 Å². The normalized spacial score (nSPS) is 15.5. The third kappa shape index (κ3) is 3.86. The minimum atomic E-state index is -0.349. The first-order valence-corrected chi connectivity index (χ1v) is 9.20. The molecule has 0 unspecified atom stereocenters. The third-order valence-corrected chi connectivity index (χ3v) is 5.15. The molecule has 7 heteroatoms. The largest absolute Gasteiger partial charge is 0.423 e. The predicted molar refractivity (Wildman–Crippen MR) is 103 cm³/mol. The molecule has 140 valence electrons. The molecule has 0 atom stereocenters. The summed E-state index contributed by atoms with van der Waals surface area (Å²) in [6, 6.07) is 5.33. The second kappa shape index (κ2) is 7.68. The molecule has 6 nitrogen and oxygen atoms in total. The summed E-state index contributed by atoms with van der Waals surface area (Å²) in [5, 5.41) is 1.56. The summed E-state index contributed by atoms with van der Waals surface area (Å²) in [4.78, 5) is 29.7. The number of rotatable bonds is 3. The second-order valence-corrected chi connectivity index (χ2v) is 7.23. The van der Waals surface area contributed by atoms with E-state index in [0.717, 1.165) is 36.0 Å². The van der Waals surface area contributed by atoms with E-state index in [1.54, 1.807) is 25.1 Å². The van der Waals surface area contributed by atoms with Crippen molar-refractivity contribution in [2.24, 2.45) is 0 Å². The molecular formula is C19H24ClN3O3. The molecule has 26 heavy (non-hydrogen) atoms. The monoisotopic (exact) mass is 377 g/mol. The molecule has 0 saturated carbocycles. The number of piperazine rings is 1. The van der Waals surface area contributed by atoms with Crippen LogP contribution in [0.4, 0.5) is 4.79 Å². The Morgan fingerprint density at radius 2 is 1.85 bits per heavy atom. The summed E-state index contributed by atoms with van der Waals surface area (Å²) in [6.07, 6.45) is 0.782. The van der Waals surface area contributed by atoms with Crippen molar-refractivity contribution in [3.05, 3.63) is 44.8 Å². The van der Waals surface area contributed by atoms with Crippen LogP contribution in [-0.4, -0.2) is 61.0 Å². The van der Waals surface area contributed by atoms with Crippen molar-refractivity contribution in [3.8, 4) is 0 Å². The number of urea groups is 1. The van der Waals surface area contributed by atoms with Gasteiger partial charge in [0, 0.05) is 63.3 Å². The fourth-order valence-corrected chi connectivity index (χ4v) is 3.61. The maximum absolute atomic E-state index is 12.0. The lowest BCUT2D eigenvalue weighted by molar-refractivity contribution is 0.120. The molecule has 1 aromatic heterocycles. The zero-order valence-electron chi connectivity index (χ0n) is 15.4. The Hall–Kier alpha value is -2.05. The van der Waals surface area contributed by atoms with Crippen molar-refractivity contribution in [2.45, 2.75) is 19.9 Å². The van der Waals surface area contributed by atoms with Gasteiger partial charge in [-0.15, -0.1) is 0 Å². The number of benzene rings is 1. The van der Waals surface area contributed by atoms with Crippen molar-refractivity contribution in [1.29, 1.82) is 0 Å². The van der Waals surface area contributed by atoms with Gasteiger partial charge in [0.05, 0.1) is 0 Å². The van der Waals surface area contributed by atoms with E-state index >= 15 is 0 Å².